The van der Waals surface area contributed by atoms with Gasteiger partial charge in [0.1, 0.15) is 16.6 Å². The number of fused-ring (bicyclic) bond motifs is 1. The molecule has 3 aromatic heterocycles. The Hall–Kier alpha value is -2.06. The van der Waals surface area contributed by atoms with E-state index in [0.717, 1.165) is 39.8 Å². The summed E-state index contributed by atoms with van der Waals surface area (Å²) in [5, 5.41) is 8.24. The molecule has 0 aliphatic carbocycles. The quantitative estimate of drug-likeness (QED) is 0.646. The molecule has 24 heavy (non-hydrogen) atoms. The Labute approximate surface area is 147 Å². The number of nitrogens with zero attached hydrogens (tertiary/aromatic N) is 5. The molecule has 7 nitrogen and oxygen atoms in total. The molecule has 0 aliphatic heterocycles. The van der Waals surface area contributed by atoms with Crippen molar-refractivity contribution in [2.75, 3.05) is 0 Å². The predicted molar refractivity (Wildman–Crippen MR) is 90.2 cm³/mol. The van der Waals surface area contributed by atoms with Gasteiger partial charge in [-0.1, -0.05) is 16.1 Å². The Morgan fingerprint density at radius 2 is 2.17 bits per heavy atom. The zero-order valence-corrected chi connectivity index (χ0v) is 15.1. The van der Waals surface area contributed by atoms with Gasteiger partial charge in [0.25, 0.3) is 0 Å². The molecule has 0 fully saturated rings. The van der Waals surface area contributed by atoms with Crippen LogP contribution in [0.3, 0.4) is 0 Å². The van der Waals surface area contributed by atoms with Crippen LogP contribution < -0.4 is 0 Å². The minimum atomic E-state index is -0.311. The van der Waals surface area contributed by atoms with Crippen molar-refractivity contribution >= 4 is 34.7 Å². The zero-order chi connectivity index (χ0) is 17.3. The number of aromatic nitrogens is 5. The lowest BCUT2D eigenvalue weighted by molar-refractivity contribution is -0.145. The zero-order valence-electron chi connectivity index (χ0n) is 13.5. The van der Waals surface area contributed by atoms with Gasteiger partial charge in [0, 0.05) is 35.4 Å². The van der Waals surface area contributed by atoms with E-state index in [1.807, 2.05) is 31.4 Å². The molecule has 0 aliphatic rings. The first-order chi connectivity index (χ1) is 11.5. The van der Waals surface area contributed by atoms with Crippen molar-refractivity contribution in [3.05, 3.63) is 38.7 Å². The highest BCUT2D eigenvalue weighted by Crippen LogP contribution is 2.19. The van der Waals surface area contributed by atoms with Crippen LogP contribution in [0.1, 0.15) is 34.8 Å². The molecule has 0 unspecified atom stereocenters. The van der Waals surface area contributed by atoms with E-state index in [0.29, 0.717) is 16.5 Å². The summed E-state index contributed by atoms with van der Waals surface area (Å²) in [6.45, 7) is 5.90. The first-order valence-corrected chi connectivity index (χ1v) is 8.55. The lowest BCUT2D eigenvalue weighted by Crippen LogP contribution is -2.10. The molecule has 0 amide bonds. The molecule has 0 aromatic carbocycles. The van der Waals surface area contributed by atoms with Gasteiger partial charge in [0.05, 0.1) is 5.69 Å². The van der Waals surface area contributed by atoms with Crippen molar-refractivity contribution in [3.63, 3.8) is 0 Å². The number of rotatable bonds is 5. The molecule has 3 aromatic rings. The summed E-state index contributed by atoms with van der Waals surface area (Å²) in [7, 11) is 0. The molecule has 9 heteroatoms. The second-order valence-corrected chi connectivity index (χ2v) is 6.83. The van der Waals surface area contributed by atoms with Crippen LogP contribution >= 0.6 is 23.1 Å². The number of carbonyl (C=O) groups excluding carboxylic acids is 1. The Bertz CT molecular complexity index is 905. The average Bonchev–Trinajstić information content (AvgIpc) is 3.10. The maximum Gasteiger partial charge on any atom is 0.306 e. The summed E-state index contributed by atoms with van der Waals surface area (Å²) in [5.74, 6) is -0.311. The van der Waals surface area contributed by atoms with Gasteiger partial charge >= 0.3 is 5.97 Å². The van der Waals surface area contributed by atoms with Crippen molar-refractivity contribution in [2.24, 2.45) is 0 Å². The smallest absolute Gasteiger partial charge is 0.306 e. The molecule has 0 radical (unpaired) electrons. The Balaban J connectivity index is 1.66. The van der Waals surface area contributed by atoms with Crippen LogP contribution in [0, 0.1) is 20.8 Å². The number of hydrogen-bond donors (Lipinski definition) is 0. The van der Waals surface area contributed by atoms with E-state index in [-0.39, 0.29) is 19.0 Å². The number of halogens is 1. The van der Waals surface area contributed by atoms with Gasteiger partial charge in [0.2, 0.25) is 0 Å². The number of aryl methyl sites for hydroxylation is 3. The molecule has 0 saturated heterocycles. The highest BCUT2D eigenvalue weighted by Gasteiger charge is 2.14. The van der Waals surface area contributed by atoms with Crippen molar-refractivity contribution in [1.82, 2.24) is 24.2 Å². The molecule has 0 atom stereocenters. The van der Waals surface area contributed by atoms with Gasteiger partial charge in [-0.2, -0.15) is 5.10 Å². The largest absolute Gasteiger partial charge is 0.459 e. The van der Waals surface area contributed by atoms with Crippen molar-refractivity contribution in [1.29, 1.82) is 0 Å². The van der Waals surface area contributed by atoms with E-state index in [9.17, 15) is 4.79 Å². The lowest BCUT2D eigenvalue weighted by Gasteiger charge is -2.10. The molecule has 0 bridgehead atoms. The number of carbonyl (C=O) groups is 1. The molecule has 126 valence electrons. The third-order valence-electron chi connectivity index (χ3n) is 3.74. The fourth-order valence-corrected chi connectivity index (χ4v) is 3.14. The van der Waals surface area contributed by atoms with Crippen molar-refractivity contribution in [3.8, 4) is 0 Å². The van der Waals surface area contributed by atoms with E-state index in [1.54, 1.807) is 0 Å². The average molecular weight is 366 g/mol. The van der Waals surface area contributed by atoms with Crippen LogP contribution in [-0.4, -0.2) is 30.2 Å². The summed E-state index contributed by atoms with van der Waals surface area (Å²) in [6, 6.07) is 1.93. The van der Waals surface area contributed by atoms with Crippen LogP contribution in [0.25, 0.3) is 5.65 Å². The van der Waals surface area contributed by atoms with Gasteiger partial charge in [-0.25, -0.2) is 9.50 Å². The summed E-state index contributed by atoms with van der Waals surface area (Å²) in [6.07, 6.45) is 0.797. The standard InChI is InChI=1S/C15H16ClN5O2S/c1-8-6-13-17-9(2)11(10(3)21(13)19-8)4-5-14(22)23-7-12-15(16)24-20-18-12/h6H,4-5,7H2,1-3H3. The minimum Gasteiger partial charge on any atom is -0.459 e. The molecular formula is C15H16ClN5O2S. The SMILES string of the molecule is Cc1cc2nc(C)c(CCC(=O)OCc3nnsc3Cl)c(C)n2n1. The molecule has 3 rings (SSSR count). The first-order valence-electron chi connectivity index (χ1n) is 7.40. The molecule has 0 N–H and O–H groups in total. The Morgan fingerprint density at radius 1 is 1.38 bits per heavy atom. The molecular weight excluding hydrogens is 350 g/mol. The van der Waals surface area contributed by atoms with E-state index in [4.69, 9.17) is 16.3 Å². The topological polar surface area (TPSA) is 82.3 Å². The summed E-state index contributed by atoms with van der Waals surface area (Å²) in [5.41, 5.74) is 5.12. The van der Waals surface area contributed by atoms with Crippen molar-refractivity contribution < 1.29 is 9.53 Å². The maximum absolute atomic E-state index is 12.0. The summed E-state index contributed by atoms with van der Waals surface area (Å²) < 4.78 is 11.1. The van der Waals surface area contributed by atoms with E-state index in [1.165, 1.54) is 0 Å². The predicted octanol–water partition coefficient (Wildman–Crippen LogP) is 2.84. The summed E-state index contributed by atoms with van der Waals surface area (Å²) >= 11 is 6.95. The number of ether oxygens (including phenoxy) is 1. The molecule has 0 spiro atoms. The van der Waals surface area contributed by atoms with Crippen LogP contribution in [0.4, 0.5) is 0 Å². The second kappa shape index (κ2) is 6.82. The molecule has 0 saturated carbocycles. The third kappa shape index (κ3) is 3.39. The van der Waals surface area contributed by atoms with Crippen LogP contribution in [0.5, 0.6) is 0 Å². The lowest BCUT2D eigenvalue weighted by atomic mass is 10.1. The Kier molecular flexibility index (Phi) is 4.77. The van der Waals surface area contributed by atoms with Crippen LogP contribution in [-0.2, 0) is 22.6 Å². The molecule has 3 heterocycles. The van der Waals surface area contributed by atoms with Gasteiger partial charge in [-0.3, -0.25) is 4.79 Å². The fraction of sp³-hybridized carbons (Fsp3) is 0.400. The van der Waals surface area contributed by atoms with Gasteiger partial charge < -0.3 is 4.74 Å². The van der Waals surface area contributed by atoms with Gasteiger partial charge in [-0.05, 0) is 32.8 Å². The summed E-state index contributed by atoms with van der Waals surface area (Å²) in [4.78, 5) is 16.5. The number of hydrogen-bond acceptors (Lipinski definition) is 7. The van der Waals surface area contributed by atoms with E-state index in [2.05, 4.69) is 19.7 Å². The van der Waals surface area contributed by atoms with Crippen molar-refractivity contribution in [2.45, 2.75) is 40.2 Å². The van der Waals surface area contributed by atoms with E-state index >= 15 is 0 Å². The second-order valence-electron chi connectivity index (χ2n) is 5.47. The van der Waals surface area contributed by atoms with Crippen LogP contribution in [0.15, 0.2) is 6.07 Å². The van der Waals surface area contributed by atoms with Gasteiger partial charge in [-0.15, -0.1) is 5.10 Å². The normalized spacial score (nSPS) is 11.2. The van der Waals surface area contributed by atoms with Crippen LogP contribution in [0.2, 0.25) is 4.34 Å². The third-order valence-corrected chi connectivity index (χ3v) is 4.73. The highest BCUT2D eigenvalue weighted by atomic mass is 35.5. The fourth-order valence-electron chi connectivity index (χ4n) is 2.53. The Morgan fingerprint density at radius 3 is 2.88 bits per heavy atom. The monoisotopic (exact) mass is 365 g/mol. The van der Waals surface area contributed by atoms with E-state index < -0.39 is 0 Å². The minimum absolute atomic E-state index is 0.0434. The highest BCUT2D eigenvalue weighted by molar-refractivity contribution is 7.10. The first kappa shape index (κ1) is 16.8. The maximum atomic E-state index is 12.0. The van der Waals surface area contributed by atoms with Gasteiger partial charge in [0.15, 0.2) is 5.65 Å². The number of esters is 1.